The first-order valence-corrected chi connectivity index (χ1v) is 32.7. The Morgan fingerprint density at radius 3 is 1.73 bits per heavy atom. The second-order valence-electron chi connectivity index (χ2n) is 27.7. The SMILES string of the molecule is CC[C@H](C)[C@@H]1NC(=O)[C@@H]2CCCCN2C(=O)C[C@@H](C)N(C)C(=O)[C@H](CC(C)C)NC(=O)C(C)(C)N(C)C(=O)[C@H](CC(C)C)NC(=O)[C@H](CCC2CCC(C(F)(F)F)C(F)C2)NC(=O)CN(C)C(=O)[C@H](CC2CCCCC2)N(C)C(=O)CN(C)C(=O)CN(C)C1=O. The molecule has 2 aliphatic carbocycles. The quantitative estimate of drug-likeness (QED) is 0.196. The van der Waals surface area contributed by atoms with Crippen molar-refractivity contribution in [2.75, 3.05) is 68.5 Å². The zero-order valence-electron chi connectivity index (χ0n) is 56.3. The summed E-state index contributed by atoms with van der Waals surface area (Å²) in [6, 6.07) is -7.88. The van der Waals surface area contributed by atoms with E-state index < -0.39 is 175 Å². The molecule has 512 valence electrons. The van der Waals surface area contributed by atoms with E-state index in [1.165, 1.54) is 70.8 Å². The van der Waals surface area contributed by atoms with Crippen LogP contribution in [0.5, 0.6) is 0 Å². The molecule has 4 rings (SSSR count). The first-order valence-electron chi connectivity index (χ1n) is 32.7. The molecule has 0 radical (unpaired) electrons. The number of rotatable bonds is 11. The maximum atomic E-state index is 15.1. The standard InChI is InChI=1S/C64H107F4N11O11/c1-16-40(6)55-61(89)75(12)36-53(82)73(10)37-54(83)77(14)50(34-42-22-18-17-19-23-42)60(88)74(11)35-51(80)69-46(28-26-43-25-27-44(45(65)33-43)64(66,67)68)56(84)70-48(31-39(4)5)59(87)78(15)63(8,9)62(90)71-47(30-38(2)3)58(86)76(13)41(7)32-52(81)79-29-21-20-24-49(79)57(85)72-55/h38-50,55H,16-37H2,1-15H3,(H,69,80)(H,70,84)(H,71,90)(H,72,85)/t40-,41+,43?,44?,45?,46-,47-,48-,49-,50-,55-/m0/s1. The molecule has 22 nitrogen and oxygen atoms in total. The van der Waals surface area contributed by atoms with E-state index in [9.17, 15) is 65.9 Å². The predicted molar refractivity (Wildman–Crippen MR) is 331 cm³/mol. The highest BCUT2D eigenvalue weighted by molar-refractivity contribution is 5.98. The van der Waals surface area contributed by atoms with Gasteiger partial charge in [-0.25, -0.2) is 4.39 Å². The van der Waals surface area contributed by atoms with Crippen molar-refractivity contribution in [3.05, 3.63) is 0 Å². The van der Waals surface area contributed by atoms with Crippen LogP contribution in [0.25, 0.3) is 0 Å². The van der Waals surface area contributed by atoms with Crippen LogP contribution in [0.2, 0.25) is 0 Å². The highest BCUT2D eigenvalue weighted by Crippen LogP contribution is 2.42. The van der Waals surface area contributed by atoms with Crippen LogP contribution in [0.15, 0.2) is 0 Å². The fourth-order valence-electron chi connectivity index (χ4n) is 12.7. The number of amides is 11. The molecular formula is C64H107F4N11O11. The highest BCUT2D eigenvalue weighted by Gasteiger charge is 2.49. The largest absolute Gasteiger partial charge is 0.394 e. The normalized spacial score (nSPS) is 29.3. The Kier molecular flexibility index (Phi) is 28.8. The summed E-state index contributed by atoms with van der Waals surface area (Å²) in [5.41, 5.74) is -1.69. The average Bonchev–Trinajstić information content (AvgIpc) is 0.953. The minimum absolute atomic E-state index is 0.00416. The Morgan fingerprint density at radius 1 is 0.578 bits per heavy atom. The van der Waals surface area contributed by atoms with Gasteiger partial charge in [0.25, 0.3) is 0 Å². The number of nitrogens with zero attached hydrogens (tertiary/aromatic N) is 7. The van der Waals surface area contributed by atoms with Gasteiger partial charge in [0, 0.05) is 61.3 Å². The highest BCUT2D eigenvalue weighted by atomic mass is 19.4. The lowest BCUT2D eigenvalue weighted by Crippen LogP contribution is -2.63. The van der Waals surface area contributed by atoms with E-state index in [1.54, 1.807) is 27.7 Å². The van der Waals surface area contributed by atoms with Crippen LogP contribution >= 0.6 is 0 Å². The van der Waals surface area contributed by atoms with Crippen LogP contribution in [0.1, 0.15) is 178 Å². The molecule has 2 heterocycles. The molecule has 4 N–H and O–H groups in total. The Bertz CT molecular complexity index is 2510. The van der Waals surface area contributed by atoms with Gasteiger partial charge in [-0.3, -0.25) is 52.7 Å². The van der Waals surface area contributed by atoms with E-state index in [0.717, 1.165) is 51.7 Å². The molecule has 4 aliphatic rings. The van der Waals surface area contributed by atoms with Crippen molar-refractivity contribution in [1.82, 2.24) is 55.6 Å². The van der Waals surface area contributed by atoms with Crippen molar-refractivity contribution in [3.63, 3.8) is 0 Å². The number of likely N-dealkylation sites (N-methyl/N-ethyl adjacent to an activating group) is 6. The molecule has 11 atom stereocenters. The number of fused-ring (bicyclic) bond motifs is 1. The van der Waals surface area contributed by atoms with Gasteiger partial charge < -0.3 is 55.6 Å². The topological polar surface area (TPSA) is 259 Å². The first kappa shape index (κ1) is 76.3. The molecule has 11 amide bonds. The molecule has 90 heavy (non-hydrogen) atoms. The number of hydrogen-bond donors (Lipinski definition) is 4. The van der Waals surface area contributed by atoms with Crippen LogP contribution in [0.3, 0.4) is 0 Å². The lowest BCUT2D eigenvalue weighted by Gasteiger charge is -2.39. The molecule has 3 unspecified atom stereocenters. The minimum atomic E-state index is -4.75. The first-order chi connectivity index (χ1) is 41.9. The molecule has 2 saturated carbocycles. The number of carbonyl (C=O) groups is 11. The molecule has 0 aromatic heterocycles. The van der Waals surface area contributed by atoms with E-state index in [0.29, 0.717) is 25.7 Å². The number of hydrogen-bond acceptors (Lipinski definition) is 11. The van der Waals surface area contributed by atoms with Crippen molar-refractivity contribution >= 4 is 65.0 Å². The summed E-state index contributed by atoms with van der Waals surface area (Å²) in [7, 11) is 8.44. The van der Waals surface area contributed by atoms with Crippen molar-refractivity contribution in [1.29, 1.82) is 0 Å². The third-order valence-electron chi connectivity index (χ3n) is 19.3. The van der Waals surface area contributed by atoms with Gasteiger partial charge in [-0.1, -0.05) is 80.1 Å². The molecule has 26 heteroatoms. The summed E-state index contributed by atoms with van der Waals surface area (Å²) >= 11 is 0. The zero-order valence-corrected chi connectivity index (χ0v) is 56.3. The number of alkyl halides is 4. The molecular weight excluding hydrogens is 1170 g/mol. The minimum Gasteiger partial charge on any atom is -0.343 e. The number of nitrogens with one attached hydrogen (secondary N) is 4. The molecule has 2 saturated heterocycles. The Morgan fingerprint density at radius 2 is 1.16 bits per heavy atom. The van der Waals surface area contributed by atoms with Gasteiger partial charge in [-0.2, -0.15) is 13.2 Å². The zero-order chi connectivity index (χ0) is 67.9. The van der Waals surface area contributed by atoms with Crippen LogP contribution < -0.4 is 21.3 Å². The van der Waals surface area contributed by atoms with Crippen molar-refractivity contribution in [2.24, 2.45) is 35.5 Å². The summed E-state index contributed by atoms with van der Waals surface area (Å²) < 4.78 is 56.3. The lowest BCUT2D eigenvalue weighted by molar-refractivity contribution is -0.201. The van der Waals surface area contributed by atoms with Gasteiger partial charge in [0.2, 0.25) is 65.0 Å². The lowest BCUT2D eigenvalue weighted by atomic mass is 9.78. The summed E-state index contributed by atoms with van der Waals surface area (Å²) in [5, 5.41) is 11.2. The van der Waals surface area contributed by atoms with Gasteiger partial charge in [0.05, 0.1) is 25.6 Å². The van der Waals surface area contributed by atoms with Gasteiger partial charge in [0.15, 0.2) is 0 Å². The molecule has 2 aliphatic heterocycles. The van der Waals surface area contributed by atoms with Gasteiger partial charge >= 0.3 is 6.18 Å². The fourth-order valence-corrected chi connectivity index (χ4v) is 12.7. The average molecular weight is 1280 g/mol. The molecule has 0 spiro atoms. The molecule has 0 aromatic rings. The van der Waals surface area contributed by atoms with E-state index in [1.807, 2.05) is 20.8 Å². The van der Waals surface area contributed by atoms with Gasteiger partial charge in [-0.05, 0) is 121 Å². The maximum Gasteiger partial charge on any atom is 0.394 e. The summed E-state index contributed by atoms with van der Waals surface area (Å²) in [6.45, 7) is 14.1. The maximum absolute atomic E-state index is 15.1. The second-order valence-corrected chi connectivity index (χ2v) is 27.7. The summed E-state index contributed by atoms with van der Waals surface area (Å²) in [4.78, 5) is 167. The van der Waals surface area contributed by atoms with Crippen LogP contribution in [-0.4, -0.2) is 228 Å². The smallest absolute Gasteiger partial charge is 0.343 e. The van der Waals surface area contributed by atoms with E-state index in [2.05, 4.69) is 21.3 Å². The third-order valence-corrected chi connectivity index (χ3v) is 19.3. The Balaban J connectivity index is 1.78. The number of halogens is 4. The van der Waals surface area contributed by atoms with E-state index in [-0.39, 0.29) is 69.2 Å². The van der Waals surface area contributed by atoms with Crippen LogP contribution in [0.4, 0.5) is 17.6 Å². The van der Waals surface area contributed by atoms with E-state index >= 15 is 4.39 Å². The summed E-state index contributed by atoms with van der Waals surface area (Å²) in [6.07, 6.45) is -1.54. The fraction of sp³-hybridized carbons (Fsp3) is 0.828. The summed E-state index contributed by atoms with van der Waals surface area (Å²) in [5.74, 6) is -10.7. The molecule has 0 aromatic carbocycles. The predicted octanol–water partition coefficient (Wildman–Crippen LogP) is 5.20. The molecule has 0 bridgehead atoms. The van der Waals surface area contributed by atoms with Gasteiger partial charge in [0.1, 0.15) is 48.0 Å². The monoisotopic (exact) mass is 1280 g/mol. The van der Waals surface area contributed by atoms with Crippen molar-refractivity contribution in [2.45, 2.75) is 238 Å². The second kappa shape index (κ2) is 34.0. The van der Waals surface area contributed by atoms with Crippen molar-refractivity contribution < 1.29 is 70.3 Å². The van der Waals surface area contributed by atoms with Crippen LogP contribution in [0, 0.1) is 35.5 Å². The third kappa shape index (κ3) is 21.2. The Hall–Kier alpha value is -6.11. The Labute approximate surface area is 531 Å². The van der Waals surface area contributed by atoms with Crippen molar-refractivity contribution in [3.8, 4) is 0 Å². The van der Waals surface area contributed by atoms with E-state index in [4.69, 9.17) is 0 Å². The number of piperidine rings is 1. The molecule has 4 fully saturated rings. The van der Waals surface area contributed by atoms with Gasteiger partial charge in [-0.15, -0.1) is 0 Å². The number of carbonyl (C=O) groups excluding carboxylic acids is 11. The van der Waals surface area contributed by atoms with Crippen LogP contribution in [-0.2, 0) is 52.7 Å².